The third kappa shape index (κ3) is 4.17. The molecule has 3 aromatic rings. The first kappa shape index (κ1) is 19.5. The maximum atomic E-state index is 12.7. The molecule has 0 aliphatic heterocycles. The van der Waals surface area contributed by atoms with Crippen LogP contribution in [0.15, 0.2) is 57.7 Å². The smallest absolute Gasteiger partial charge is 0.383 e. The molecule has 0 N–H and O–H groups in total. The van der Waals surface area contributed by atoms with Crippen LogP contribution in [0.25, 0.3) is 11.0 Å². The standard InChI is InChI=1S/C22H22O6/c1-13(2)25-16-11-8-12-17-18(16)19(20(22(24)27-17)26-14(3)4)28-21(23)15-9-6-5-7-10-15/h5-14H,1-4H3. The second-order valence-electron chi connectivity index (χ2n) is 6.77. The first-order valence-corrected chi connectivity index (χ1v) is 9.07. The molecule has 6 heteroatoms. The zero-order valence-corrected chi connectivity index (χ0v) is 16.2. The van der Waals surface area contributed by atoms with Gasteiger partial charge < -0.3 is 18.6 Å². The van der Waals surface area contributed by atoms with Gasteiger partial charge in [0, 0.05) is 0 Å². The molecule has 0 bridgehead atoms. The fraction of sp³-hybridized carbons (Fsp3) is 0.273. The highest BCUT2D eigenvalue weighted by Gasteiger charge is 2.25. The van der Waals surface area contributed by atoms with Crippen molar-refractivity contribution in [3.05, 3.63) is 64.5 Å². The summed E-state index contributed by atoms with van der Waals surface area (Å²) in [4.78, 5) is 25.2. The zero-order valence-electron chi connectivity index (χ0n) is 16.2. The Kier molecular flexibility index (Phi) is 5.68. The summed E-state index contributed by atoms with van der Waals surface area (Å²) in [5.41, 5.74) is -0.129. The lowest BCUT2D eigenvalue weighted by Gasteiger charge is -2.17. The number of hydrogen-bond donors (Lipinski definition) is 0. The highest BCUT2D eigenvalue weighted by Crippen LogP contribution is 2.40. The molecule has 0 radical (unpaired) electrons. The van der Waals surface area contributed by atoms with Crippen LogP contribution in [-0.4, -0.2) is 18.2 Å². The quantitative estimate of drug-likeness (QED) is 0.459. The molecule has 3 rings (SSSR count). The van der Waals surface area contributed by atoms with E-state index in [9.17, 15) is 9.59 Å². The Balaban J connectivity index is 2.22. The van der Waals surface area contributed by atoms with Gasteiger partial charge in [0.05, 0.1) is 17.8 Å². The predicted octanol–water partition coefficient (Wildman–Crippen LogP) is 4.59. The van der Waals surface area contributed by atoms with Gasteiger partial charge >= 0.3 is 11.6 Å². The molecule has 0 aliphatic carbocycles. The lowest BCUT2D eigenvalue weighted by Crippen LogP contribution is -2.18. The highest BCUT2D eigenvalue weighted by atomic mass is 16.6. The van der Waals surface area contributed by atoms with Crippen LogP contribution in [0.5, 0.6) is 17.2 Å². The number of benzene rings is 2. The van der Waals surface area contributed by atoms with Crippen molar-refractivity contribution >= 4 is 16.9 Å². The van der Waals surface area contributed by atoms with Crippen LogP contribution in [-0.2, 0) is 0 Å². The molecular formula is C22H22O6. The van der Waals surface area contributed by atoms with E-state index in [-0.39, 0.29) is 29.3 Å². The Morgan fingerprint density at radius 2 is 1.54 bits per heavy atom. The summed E-state index contributed by atoms with van der Waals surface area (Å²) in [6.45, 7) is 7.28. The molecule has 0 saturated heterocycles. The number of carbonyl (C=O) groups is 1. The number of carbonyl (C=O) groups excluding carboxylic acids is 1. The van der Waals surface area contributed by atoms with Crippen LogP contribution in [0, 0.1) is 0 Å². The summed E-state index contributed by atoms with van der Waals surface area (Å²) in [6, 6.07) is 13.6. The summed E-state index contributed by atoms with van der Waals surface area (Å²) in [7, 11) is 0. The number of rotatable bonds is 6. The van der Waals surface area contributed by atoms with Crippen molar-refractivity contribution in [3.8, 4) is 17.2 Å². The lowest BCUT2D eigenvalue weighted by molar-refractivity contribution is 0.0725. The van der Waals surface area contributed by atoms with Gasteiger partial charge in [0.1, 0.15) is 16.7 Å². The molecule has 0 atom stereocenters. The first-order valence-electron chi connectivity index (χ1n) is 9.07. The Morgan fingerprint density at radius 3 is 2.18 bits per heavy atom. The molecule has 0 spiro atoms. The Morgan fingerprint density at radius 1 is 0.857 bits per heavy atom. The maximum absolute atomic E-state index is 12.7. The van der Waals surface area contributed by atoms with Crippen molar-refractivity contribution in [2.45, 2.75) is 39.9 Å². The molecular weight excluding hydrogens is 360 g/mol. The number of fused-ring (bicyclic) bond motifs is 1. The predicted molar refractivity (Wildman–Crippen MR) is 105 cm³/mol. The molecule has 2 aromatic carbocycles. The Bertz CT molecular complexity index is 1030. The molecule has 0 aliphatic rings. The van der Waals surface area contributed by atoms with Crippen molar-refractivity contribution in [3.63, 3.8) is 0 Å². The largest absolute Gasteiger partial charge is 0.490 e. The average molecular weight is 382 g/mol. The number of hydrogen-bond acceptors (Lipinski definition) is 6. The van der Waals surface area contributed by atoms with E-state index in [1.54, 1.807) is 62.4 Å². The average Bonchev–Trinajstić information content (AvgIpc) is 2.64. The molecule has 0 fully saturated rings. The van der Waals surface area contributed by atoms with Crippen LogP contribution < -0.4 is 19.8 Å². The minimum atomic E-state index is -0.723. The molecule has 146 valence electrons. The number of esters is 1. The molecule has 0 saturated carbocycles. The van der Waals surface area contributed by atoms with Crippen LogP contribution in [0.4, 0.5) is 0 Å². The van der Waals surface area contributed by atoms with Gasteiger partial charge in [-0.1, -0.05) is 24.3 Å². The lowest BCUT2D eigenvalue weighted by atomic mass is 10.2. The van der Waals surface area contributed by atoms with Crippen LogP contribution in [0.2, 0.25) is 0 Å². The summed E-state index contributed by atoms with van der Waals surface area (Å²) in [6.07, 6.45) is -0.461. The van der Waals surface area contributed by atoms with Crippen LogP contribution >= 0.6 is 0 Å². The minimum Gasteiger partial charge on any atom is -0.490 e. The topological polar surface area (TPSA) is 75.0 Å². The van der Waals surface area contributed by atoms with Crippen LogP contribution in [0.1, 0.15) is 38.1 Å². The van der Waals surface area contributed by atoms with Gasteiger partial charge in [-0.25, -0.2) is 9.59 Å². The third-order valence-corrected chi connectivity index (χ3v) is 3.73. The zero-order chi connectivity index (χ0) is 20.3. The highest BCUT2D eigenvalue weighted by molar-refractivity contribution is 5.97. The molecule has 0 unspecified atom stereocenters. The van der Waals surface area contributed by atoms with Gasteiger partial charge in [0.25, 0.3) is 0 Å². The van der Waals surface area contributed by atoms with Gasteiger partial charge in [-0.3, -0.25) is 0 Å². The molecule has 28 heavy (non-hydrogen) atoms. The van der Waals surface area contributed by atoms with E-state index < -0.39 is 11.6 Å². The molecule has 1 heterocycles. The van der Waals surface area contributed by atoms with Crippen LogP contribution in [0.3, 0.4) is 0 Å². The van der Waals surface area contributed by atoms with E-state index in [0.717, 1.165) is 0 Å². The second kappa shape index (κ2) is 8.17. The Labute approximate surface area is 162 Å². The Hall–Kier alpha value is -3.28. The second-order valence-corrected chi connectivity index (χ2v) is 6.77. The van der Waals surface area contributed by atoms with Crippen molar-refractivity contribution in [1.82, 2.24) is 0 Å². The van der Waals surface area contributed by atoms with Crippen molar-refractivity contribution in [1.29, 1.82) is 0 Å². The third-order valence-electron chi connectivity index (χ3n) is 3.73. The maximum Gasteiger partial charge on any atom is 0.383 e. The van der Waals surface area contributed by atoms with Gasteiger partial charge in [-0.2, -0.15) is 0 Å². The van der Waals surface area contributed by atoms with E-state index in [1.165, 1.54) is 0 Å². The van der Waals surface area contributed by atoms with Gasteiger partial charge in [0.2, 0.25) is 5.75 Å². The van der Waals surface area contributed by atoms with Gasteiger partial charge in [-0.05, 0) is 52.0 Å². The first-order chi connectivity index (χ1) is 13.4. The van der Waals surface area contributed by atoms with E-state index in [2.05, 4.69) is 0 Å². The van der Waals surface area contributed by atoms with E-state index >= 15 is 0 Å². The summed E-state index contributed by atoms with van der Waals surface area (Å²) in [5.74, 6) is -0.349. The van der Waals surface area contributed by atoms with E-state index in [0.29, 0.717) is 16.7 Å². The van der Waals surface area contributed by atoms with Gasteiger partial charge in [0.15, 0.2) is 5.75 Å². The van der Waals surface area contributed by atoms with E-state index in [4.69, 9.17) is 18.6 Å². The minimum absolute atomic E-state index is 0.00921. The fourth-order valence-electron chi connectivity index (χ4n) is 2.69. The molecule has 1 aromatic heterocycles. The van der Waals surface area contributed by atoms with E-state index in [1.807, 2.05) is 13.8 Å². The SMILES string of the molecule is CC(C)Oc1c(OC(=O)c2ccccc2)c2c(OC(C)C)cccc2oc1=O. The fourth-order valence-corrected chi connectivity index (χ4v) is 2.69. The monoisotopic (exact) mass is 382 g/mol. The molecule has 6 nitrogen and oxygen atoms in total. The van der Waals surface area contributed by atoms with Crippen molar-refractivity contribution in [2.24, 2.45) is 0 Å². The van der Waals surface area contributed by atoms with Crippen molar-refractivity contribution < 1.29 is 23.4 Å². The van der Waals surface area contributed by atoms with Crippen molar-refractivity contribution in [2.75, 3.05) is 0 Å². The summed E-state index contributed by atoms with van der Waals surface area (Å²) in [5, 5.41) is 0.371. The normalized spacial score (nSPS) is 11.1. The summed E-state index contributed by atoms with van der Waals surface area (Å²) >= 11 is 0. The summed E-state index contributed by atoms with van der Waals surface area (Å²) < 4.78 is 22.5. The molecule has 0 amide bonds. The number of ether oxygens (including phenoxy) is 3. The van der Waals surface area contributed by atoms with Gasteiger partial charge in [-0.15, -0.1) is 0 Å².